The third-order valence-corrected chi connectivity index (χ3v) is 4.87. The molecule has 130 valence electrons. The number of aromatic nitrogens is 2. The van der Waals surface area contributed by atoms with Crippen LogP contribution >= 0.6 is 0 Å². The number of anilines is 2. The first-order valence-electron chi connectivity index (χ1n) is 8.94. The maximum Gasteiger partial charge on any atom is 0.228 e. The highest BCUT2D eigenvalue weighted by Gasteiger charge is 2.30. The minimum Gasteiger partial charge on any atom is -0.341 e. The predicted octanol–water partition coefficient (Wildman–Crippen LogP) is 1.97. The van der Waals surface area contributed by atoms with Gasteiger partial charge in [0.05, 0.1) is 0 Å². The zero-order valence-electron chi connectivity index (χ0n) is 14.3. The largest absolute Gasteiger partial charge is 0.341 e. The molecular weight excluding hydrogens is 314 g/mol. The van der Waals surface area contributed by atoms with Crippen LogP contribution in [0.3, 0.4) is 0 Å². The summed E-state index contributed by atoms with van der Waals surface area (Å²) in [7, 11) is 0. The number of nitrogens with zero attached hydrogens (tertiary/aromatic N) is 4. The van der Waals surface area contributed by atoms with Crippen LogP contribution in [0.2, 0.25) is 0 Å². The van der Waals surface area contributed by atoms with Crippen molar-refractivity contribution in [3.63, 3.8) is 0 Å². The Morgan fingerprint density at radius 2 is 1.80 bits per heavy atom. The van der Waals surface area contributed by atoms with Gasteiger partial charge in [-0.3, -0.25) is 4.79 Å². The van der Waals surface area contributed by atoms with Crippen LogP contribution in [-0.2, 0) is 11.3 Å². The molecule has 2 aromatic rings. The maximum absolute atomic E-state index is 12.2. The molecule has 4 rings (SSSR count). The summed E-state index contributed by atoms with van der Waals surface area (Å²) >= 11 is 0. The topological polar surface area (TPSA) is 61.4 Å². The number of nitrogens with one attached hydrogen (secondary N) is 1. The molecule has 3 heterocycles. The highest BCUT2D eigenvalue weighted by molar-refractivity contribution is 5.96. The summed E-state index contributed by atoms with van der Waals surface area (Å²) in [6.45, 7) is 3.49. The average molecular weight is 337 g/mol. The van der Waals surface area contributed by atoms with E-state index in [9.17, 15) is 4.79 Å². The van der Waals surface area contributed by atoms with Crippen molar-refractivity contribution in [3.05, 3.63) is 48.3 Å². The number of carbonyl (C=O) groups excluding carboxylic acids is 1. The summed E-state index contributed by atoms with van der Waals surface area (Å²) in [6.07, 6.45) is 6.75. The normalized spacial score (nSPS) is 20.5. The summed E-state index contributed by atoms with van der Waals surface area (Å²) in [6, 6.07) is 10.00. The van der Waals surface area contributed by atoms with Crippen molar-refractivity contribution < 1.29 is 4.79 Å². The van der Waals surface area contributed by atoms with E-state index in [1.165, 1.54) is 12.8 Å². The van der Waals surface area contributed by atoms with Gasteiger partial charge in [-0.25, -0.2) is 9.97 Å². The van der Waals surface area contributed by atoms with Gasteiger partial charge in [0, 0.05) is 62.3 Å². The third kappa shape index (κ3) is 3.64. The summed E-state index contributed by atoms with van der Waals surface area (Å²) < 4.78 is 0. The van der Waals surface area contributed by atoms with Crippen LogP contribution in [0.25, 0.3) is 0 Å². The van der Waals surface area contributed by atoms with Gasteiger partial charge in [0.1, 0.15) is 0 Å². The van der Waals surface area contributed by atoms with Crippen LogP contribution in [0.15, 0.2) is 42.7 Å². The second-order valence-electron chi connectivity index (χ2n) is 6.71. The van der Waals surface area contributed by atoms with Gasteiger partial charge in [0.25, 0.3) is 0 Å². The molecule has 1 aromatic heterocycles. The molecule has 0 radical (unpaired) electrons. The van der Waals surface area contributed by atoms with Crippen molar-refractivity contribution in [1.82, 2.24) is 15.3 Å². The molecule has 2 aliphatic heterocycles. The molecule has 0 bridgehead atoms. The van der Waals surface area contributed by atoms with Gasteiger partial charge in [0.15, 0.2) is 0 Å². The summed E-state index contributed by atoms with van der Waals surface area (Å²) in [5, 5.41) is 3.46. The minimum absolute atomic E-state index is 0.158. The Morgan fingerprint density at radius 3 is 2.52 bits per heavy atom. The lowest BCUT2D eigenvalue weighted by Crippen LogP contribution is -2.32. The van der Waals surface area contributed by atoms with Crippen LogP contribution in [0, 0.1) is 0 Å². The van der Waals surface area contributed by atoms with Crippen LogP contribution in [0.1, 0.15) is 24.8 Å². The molecule has 0 aliphatic carbocycles. The Hall–Kier alpha value is -2.47. The van der Waals surface area contributed by atoms with E-state index in [1.54, 1.807) is 0 Å². The third-order valence-electron chi connectivity index (χ3n) is 4.87. The van der Waals surface area contributed by atoms with E-state index in [-0.39, 0.29) is 11.9 Å². The second-order valence-corrected chi connectivity index (χ2v) is 6.71. The lowest BCUT2D eigenvalue weighted by Gasteiger charge is -2.17. The summed E-state index contributed by atoms with van der Waals surface area (Å²) in [5.74, 6) is 0.997. The molecule has 1 amide bonds. The molecule has 25 heavy (non-hydrogen) atoms. The van der Waals surface area contributed by atoms with Gasteiger partial charge in [-0.05, 0) is 25.0 Å². The van der Waals surface area contributed by atoms with Gasteiger partial charge in [-0.15, -0.1) is 0 Å². The molecule has 1 atom stereocenters. The second kappa shape index (κ2) is 7.19. The van der Waals surface area contributed by atoms with Crippen molar-refractivity contribution >= 4 is 17.5 Å². The standard InChI is InChI=1S/C19H23N5O/c25-18-10-16(14-24(18)17-6-2-1-3-7-17)20-11-15-12-21-19(22-13-15)23-8-4-5-9-23/h1-3,6-7,12-13,16,20H,4-5,8-11,14H2/t16-/m1/s1. The fourth-order valence-corrected chi connectivity index (χ4v) is 3.48. The van der Waals surface area contributed by atoms with Gasteiger partial charge < -0.3 is 15.1 Å². The molecule has 0 saturated carbocycles. The molecule has 2 saturated heterocycles. The van der Waals surface area contributed by atoms with E-state index in [0.717, 1.165) is 30.3 Å². The minimum atomic E-state index is 0.158. The zero-order valence-corrected chi connectivity index (χ0v) is 14.3. The fourth-order valence-electron chi connectivity index (χ4n) is 3.48. The Labute approximate surface area is 147 Å². The lowest BCUT2D eigenvalue weighted by atomic mass is 10.2. The molecule has 1 aromatic carbocycles. The lowest BCUT2D eigenvalue weighted by molar-refractivity contribution is -0.117. The van der Waals surface area contributed by atoms with Crippen molar-refractivity contribution in [1.29, 1.82) is 0 Å². The van der Waals surface area contributed by atoms with Crippen molar-refractivity contribution in [2.24, 2.45) is 0 Å². The van der Waals surface area contributed by atoms with Crippen molar-refractivity contribution in [2.75, 3.05) is 29.4 Å². The first-order chi connectivity index (χ1) is 12.3. The van der Waals surface area contributed by atoms with Gasteiger partial charge in [-0.2, -0.15) is 0 Å². The monoisotopic (exact) mass is 337 g/mol. The molecule has 0 unspecified atom stereocenters. The Balaban J connectivity index is 1.32. The molecule has 2 fully saturated rings. The maximum atomic E-state index is 12.2. The number of hydrogen-bond acceptors (Lipinski definition) is 5. The molecular formula is C19H23N5O. The highest BCUT2D eigenvalue weighted by atomic mass is 16.2. The van der Waals surface area contributed by atoms with Crippen LogP contribution in [0.5, 0.6) is 0 Å². The molecule has 6 heteroatoms. The quantitative estimate of drug-likeness (QED) is 0.904. The molecule has 1 N–H and O–H groups in total. The van der Waals surface area contributed by atoms with E-state index in [4.69, 9.17) is 0 Å². The van der Waals surface area contributed by atoms with Crippen LogP contribution < -0.4 is 15.1 Å². The van der Waals surface area contributed by atoms with Gasteiger partial charge in [0.2, 0.25) is 11.9 Å². The molecule has 6 nitrogen and oxygen atoms in total. The van der Waals surface area contributed by atoms with Gasteiger partial charge in [-0.1, -0.05) is 18.2 Å². The fraction of sp³-hybridized carbons (Fsp3) is 0.421. The van der Waals surface area contributed by atoms with E-state index >= 15 is 0 Å². The van der Waals surface area contributed by atoms with Crippen LogP contribution in [-0.4, -0.2) is 41.6 Å². The summed E-state index contributed by atoms with van der Waals surface area (Å²) in [5.41, 5.74) is 2.02. The van der Waals surface area contributed by atoms with E-state index in [1.807, 2.05) is 47.6 Å². The van der Waals surface area contributed by atoms with E-state index < -0.39 is 0 Å². The first-order valence-corrected chi connectivity index (χ1v) is 8.94. The predicted molar refractivity (Wildman–Crippen MR) is 97.5 cm³/mol. The number of benzene rings is 1. The zero-order chi connectivity index (χ0) is 17.1. The Morgan fingerprint density at radius 1 is 1.08 bits per heavy atom. The number of amides is 1. The van der Waals surface area contributed by atoms with E-state index in [2.05, 4.69) is 20.2 Å². The smallest absolute Gasteiger partial charge is 0.228 e. The van der Waals surface area contributed by atoms with Crippen molar-refractivity contribution in [2.45, 2.75) is 31.8 Å². The SMILES string of the molecule is O=C1C[C@@H](NCc2cnc(N3CCCC3)nc2)CN1c1ccccc1. The number of hydrogen-bond donors (Lipinski definition) is 1. The van der Waals surface area contributed by atoms with Crippen LogP contribution in [0.4, 0.5) is 11.6 Å². The number of para-hydroxylation sites is 1. The average Bonchev–Trinajstić information content (AvgIpc) is 3.31. The molecule has 0 spiro atoms. The number of rotatable bonds is 5. The highest BCUT2D eigenvalue weighted by Crippen LogP contribution is 2.21. The first kappa shape index (κ1) is 16.0. The molecule has 2 aliphatic rings. The van der Waals surface area contributed by atoms with Gasteiger partial charge >= 0.3 is 0 Å². The van der Waals surface area contributed by atoms with Crippen molar-refractivity contribution in [3.8, 4) is 0 Å². The Bertz CT molecular complexity index is 712. The Kier molecular flexibility index (Phi) is 4.61. The number of carbonyl (C=O) groups is 1. The summed E-state index contributed by atoms with van der Waals surface area (Å²) in [4.78, 5) is 25.3. The van der Waals surface area contributed by atoms with E-state index in [0.29, 0.717) is 19.5 Å².